The Bertz CT molecular complexity index is 904. The molecule has 1 heterocycles. The zero-order chi connectivity index (χ0) is 21.1. The van der Waals surface area contributed by atoms with Crippen LogP contribution in [0.3, 0.4) is 0 Å². The highest BCUT2D eigenvalue weighted by molar-refractivity contribution is 9.10. The summed E-state index contributed by atoms with van der Waals surface area (Å²) < 4.78 is 12.5. The van der Waals surface area contributed by atoms with Gasteiger partial charge in [-0.15, -0.1) is 0 Å². The van der Waals surface area contributed by atoms with Crippen LogP contribution in [0.4, 0.5) is 4.79 Å². The summed E-state index contributed by atoms with van der Waals surface area (Å²) in [5.74, 6) is -0.707. The van der Waals surface area contributed by atoms with E-state index in [1.807, 2.05) is 54.6 Å². The molecule has 4 rings (SSSR count). The van der Waals surface area contributed by atoms with Crippen LogP contribution >= 0.6 is 15.9 Å². The predicted molar refractivity (Wildman–Crippen MR) is 114 cm³/mol. The molecule has 158 valence electrons. The Hall–Kier alpha value is -2.38. The third-order valence-corrected chi connectivity index (χ3v) is 6.70. The summed E-state index contributed by atoms with van der Waals surface area (Å²) in [6.07, 6.45) is 1.28. The van der Waals surface area contributed by atoms with E-state index >= 15 is 0 Å². The van der Waals surface area contributed by atoms with Crippen LogP contribution in [0, 0.1) is 11.8 Å². The van der Waals surface area contributed by atoms with Crippen LogP contribution in [0.2, 0.25) is 0 Å². The number of carboxylic acid groups (broad SMARTS) is 1. The summed E-state index contributed by atoms with van der Waals surface area (Å²) in [6, 6.07) is 17.4. The first-order valence-corrected chi connectivity index (χ1v) is 10.8. The van der Waals surface area contributed by atoms with Crippen LogP contribution < -0.4 is 0 Å². The summed E-state index contributed by atoms with van der Waals surface area (Å²) in [7, 11) is 0. The van der Waals surface area contributed by atoms with Gasteiger partial charge in [0.1, 0.15) is 13.2 Å². The number of carbonyl (C=O) groups excluding carboxylic acids is 1. The number of carbonyl (C=O) groups is 2. The lowest BCUT2D eigenvalue weighted by molar-refractivity contribution is -0.154. The van der Waals surface area contributed by atoms with Gasteiger partial charge in [-0.3, -0.25) is 0 Å². The van der Waals surface area contributed by atoms with E-state index in [1.54, 1.807) is 4.90 Å². The molecule has 0 aromatic heterocycles. The Kier molecular flexibility index (Phi) is 6.11. The molecule has 7 heteroatoms. The molecule has 30 heavy (non-hydrogen) atoms. The fourth-order valence-corrected chi connectivity index (χ4v) is 5.04. The number of fused-ring (bicyclic) bond motifs is 1. The normalized spacial score (nSPS) is 25.2. The van der Waals surface area contributed by atoms with E-state index in [2.05, 4.69) is 15.9 Å². The predicted octanol–water partition coefficient (Wildman–Crippen LogP) is 4.42. The van der Waals surface area contributed by atoms with Crippen molar-refractivity contribution in [2.75, 3.05) is 19.7 Å². The van der Waals surface area contributed by atoms with E-state index in [4.69, 9.17) is 9.47 Å². The first-order chi connectivity index (χ1) is 14.5. The molecule has 2 aromatic carbocycles. The van der Waals surface area contributed by atoms with E-state index in [-0.39, 0.29) is 31.1 Å². The third-order valence-electron chi connectivity index (χ3n) is 6.18. The lowest BCUT2D eigenvalue weighted by Crippen LogP contribution is -2.40. The van der Waals surface area contributed by atoms with Crippen LogP contribution in [0.25, 0.3) is 0 Å². The number of benzene rings is 2. The summed E-state index contributed by atoms with van der Waals surface area (Å²) in [4.78, 5) is 25.7. The Balaban J connectivity index is 1.50. The molecule has 0 bridgehead atoms. The number of ether oxygens (including phenoxy) is 2. The Morgan fingerprint density at radius 1 is 1.10 bits per heavy atom. The molecule has 1 aliphatic heterocycles. The smallest absolute Gasteiger partial charge is 0.410 e. The molecule has 1 saturated carbocycles. The van der Waals surface area contributed by atoms with Crippen molar-refractivity contribution in [3.63, 3.8) is 0 Å². The minimum Gasteiger partial charge on any atom is -0.480 e. The Labute approximate surface area is 183 Å². The average molecular weight is 474 g/mol. The molecule has 1 N–H and O–H groups in total. The van der Waals surface area contributed by atoms with Crippen molar-refractivity contribution in [2.45, 2.75) is 25.0 Å². The fraction of sp³-hybridized carbons (Fsp3) is 0.391. The maximum Gasteiger partial charge on any atom is 0.410 e. The maximum absolute atomic E-state index is 12.7. The van der Waals surface area contributed by atoms with Crippen LogP contribution in [0.15, 0.2) is 59.1 Å². The van der Waals surface area contributed by atoms with Crippen LogP contribution in [0.1, 0.15) is 24.0 Å². The molecule has 2 fully saturated rings. The van der Waals surface area contributed by atoms with Gasteiger partial charge < -0.3 is 19.5 Å². The van der Waals surface area contributed by atoms with Crippen molar-refractivity contribution in [3.05, 3.63) is 70.2 Å². The second kappa shape index (κ2) is 8.78. The molecule has 3 atom stereocenters. The van der Waals surface area contributed by atoms with Gasteiger partial charge in [-0.1, -0.05) is 58.4 Å². The van der Waals surface area contributed by atoms with Gasteiger partial charge in [-0.25, -0.2) is 9.59 Å². The second-order valence-corrected chi connectivity index (χ2v) is 8.84. The standard InChI is InChI=1S/C23H24BrNO5/c24-19-8-6-18(7-9-19)23(30-15-21(26)27)11-10-17-12-25(13-20(17)23)22(28)29-14-16-4-2-1-3-5-16/h1-9,17,20H,10-15H2,(H,26,27). The lowest BCUT2D eigenvalue weighted by atomic mass is 9.82. The van der Waals surface area contributed by atoms with E-state index in [1.165, 1.54) is 0 Å². The number of likely N-dealkylation sites (tertiary alicyclic amines) is 1. The Morgan fingerprint density at radius 3 is 2.53 bits per heavy atom. The minimum absolute atomic E-state index is 0.0299. The summed E-state index contributed by atoms with van der Waals surface area (Å²) in [6.45, 7) is 0.970. The van der Waals surface area contributed by atoms with Gasteiger partial charge in [0.15, 0.2) is 0 Å². The van der Waals surface area contributed by atoms with Gasteiger partial charge in [0.05, 0.1) is 5.60 Å². The highest BCUT2D eigenvalue weighted by Crippen LogP contribution is 2.53. The highest BCUT2D eigenvalue weighted by Gasteiger charge is 2.55. The third kappa shape index (κ3) is 4.23. The zero-order valence-corrected chi connectivity index (χ0v) is 18.1. The van der Waals surface area contributed by atoms with E-state index in [9.17, 15) is 14.7 Å². The molecule has 0 spiro atoms. The first kappa shape index (κ1) is 20.9. The molecular formula is C23H24BrNO5. The number of rotatable bonds is 6. The number of amides is 1. The molecule has 1 aliphatic carbocycles. The van der Waals surface area contributed by atoms with Crippen molar-refractivity contribution in [1.29, 1.82) is 0 Å². The van der Waals surface area contributed by atoms with Gasteiger partial charge in [0, 0.05) is 23.5 Å². The van der Waals surface area contributed by atoms with Gasteiger partial charge in [-0.05, 0) is 42.0 Å². The van der Waals surface area contributed by atoms with Crippen molar-refractivity contribution < 1.29 is 24.2 Å². The SMILES string of the molecule is O=C(O)COC1(c2ccc(Br)cc2)CCC2CN(C(=O)OCc3ccccc3)CC21. The largest absolute Gasteiger partial charge is 0.480 e. The topological polar surface area (TPSA) is 76.1 Å². The number of carboxylic acids is 1. The molecule has 6 nitrogen and oxygen atoms in total. The lowest BCUT2D eigenvalue weighted by Gasteiger charge is -2.35. The number of halogens is 1. The van der Waals surface area contributed by atoms with Crippen LogP contribution in [-0.2, 0) is 26.5 Å². The highest BCUT2D eigenvalue weighted by atomic mass is 79.9. The molecule has 2 aliphatic rings. The number of hydrogen-bond donors (Lipinski definition) is 1. The second-order valence-electron chi connectivity index (χ2n) is 7.93. The monoisotopic (exact) mass is 473 g/mol. The quantitative estimate of drug-likeness (QED) is 0.671. The summed E-state index contributed by atoms with van der Waals surface area (Å²) in [5, 5.41) is 9.22. The molecule has 1 saturated heterocycles. The molecule has 1 amide bonds. The van der Waals surface area contributed by atoms with Gasteiger partial charge in [-0.2, -0.15) is 0 Å². The fourth-order valence-electron chi connectivity index (χ4n) is 4.78. The van der Waals surface area contributed by atoms with Crippen molar-refractivity contribution in [1.82, 2.24) is 4.90 Å². The maximum atomic E-state index is 12.7. The zero-order valence-electron chi connectivity index (χ0n) is 16.5. The van der Waals surface area contributed by atoms with E-state index in [0.717, 1.165) is 28.4 Å². The van der Waals surface area contributed by atoms with Crippen molar-refractivity contribution in [2.24, 2.45) is 11.8 Å². The van der Waals surface area contributed by atoms with E-state index in [0.29, 0.717) is 13.1 Å². The van der Waals surface area contributed by atoms with Crippen molar-refractivity contribution in [3.8, 4) is 0 Å². The first-order valence-electron chi connectivity index (χ1n) is 10.1. The molecule has 3 unspecified atom stereocenters. The molecule has 2 aromatic rings. The number of aliphatic carboxylic acids is 1. The van der Waals surface area contributed by atoms with Gasteiger partial charge in [0.2, 0.25) is 0 Å². The molecular weight excluding hydrogens is 450 g/mol. The van der Waals surface area contributed by atoms with Crippen molar-refractivity contribution >= 4 is 28.0 Å². The average Bonchev–Trinajstić information content (AvgIpc) is 3.32. The summed E-state index contributed by atoms with van der Waals surface area (Å²) in [5.41, 5.74) is 1.19. The Morgan fingerprint density at radius 2 is 1.83 bits per heavy atom. The van der Waals surface area contributed by atoms with Crippen LogP contribution in [0.5, 0.6) is 0 Å². The van der Waals surface area contributed by atoms with Gasteiger partial charge in [0.25, 0.3) is 0 Å². The summed E-state index contributed by atoms with van der Waals surface area (Å²) >= 11 is 3.45. The minimum atomic E-state index is -0.993. The number of hydrogen-bond acceptors (Lipinski definition) is 4. The number of nitrogens with zero attached hydrogens (tertiary/aromatic N) is 1. The van der Waals surface area contributed by atoms with E-state index < -0.39 is 11.6 Å². The van der Waals surface area contributed by atoms with Crippen LogP contribution in [-0.4, -0.2) is 41.8 Å². The van der Waals surface area contributed by atoms with Gasteiger partial charge >= 0.3 is 12.1 Å². The molecule has 0 radical (unpaired) electrons.